The van der Waals surface area contributed by atoms with E-state index >= 15 is 0 Å². The average molecular weight is 251 g/mol. The smallest absolute Gasteiger partial charge is 0.291 e. The molecular formula is C12H17N3OS. The van der Waals surface area contributed by atoms with Gasteiger partial charge in [-0.2, -0.15) is 0 Å². The molecule has 2 rings (SSSR count). The first-order valence-electron chi connectivity index (χ1n) is 5.72. The van der Waals surface area contributed by atoms with Crippen molar-refractivity contribution in [2.45, 2.75) is 6.54 Å². The molecule has 0 aliphatic carbocycles. The minimum absolute atomic E-state index is 0.318. The van der Waals surface area contributed by atoms with Gasteiger partial charge in [0.15, 0.2) is 0 Å². The van der Waals surface area contributed by atoms with Gasteiger partial charge in [-0.1, -0.05) is 30.3 Å². The summed E-state index contributed by atoms with van der Waals surface area (Å²) in [5.41, 5.74) is 6.49. The number of nitrogens with two attached hydrogens (primary N) is 1. The Hall–Kier alpha value is -1.04. The summed E-state index contributed by atoms with van der Waals surface area (Å²) in [5.74, 6) is 0. The van der Waals surface area contributed by atoms with Crippen LogP contribution in [0.4, 0.5) is 4.79 Å². The van der Waals surface area contributed by atoms with Gasteiger partial charge in [0.2, 0.25) is 0 Å². The number of hydrogen-bond donors (Lipinski definition) is 1. The fraction of sp³-hybridized carbons (Fsp3) is 0.417. The lowest BCUT2D eigenvalue weighted by atomic mass is 10.2. The Balaban J connectivity index is 1.78. The van der Waals surface area contributed by atoms with Gasteiger partial charge in [0.1, 0.15) is 0 Å². The van der Waals surface area contributed by atoms with Gasteiger partial charge in [0.25, 0.3) is 5.24 Å². The molecule has 1 aromatic rings. The van der Waals surface area contributed by atoms with Gasteiger partial charge < -0.3 is 5.73 Å². The fourth-order valence-corrected chi connectivity index (χ4v) is 2.55. The van der Waals surface area contributed by atoms with Crippen LogP contribution in [0.2, 0.25) is 0 Å². The molecule has 0 radical (unpaired) electrons. The molecule has 5 heteroatoms. The zero-order valence-electron chi connectivity index (χ0n) is 9.71. The number of carbonyl (C=O) groups is 1. The van der Waals surface area contributed by atoms with Gasteiger partial charge in [-0.3, -0.25) is 9.69 Å². The Morgan fingerprint density at radius 1 is 1.18 bits per heavy atom. The Kier molecular flexibility index (Phi) is 4.42. The van der Waals surface area contributed by atoms with Crippen LogP contribution in [0, 0.1) is 0 Å². The highest BCUT2D eigenvalue weighted by Crippen LogP contribution is 2.14. The summed E-state index contributed by atoms with van der Waals surface area (Å²) >= 11 is 1.13. The van der Waals surface area contributed by atoms with E-state index in [1.54, 1.807) is 0 Å². The van der Waals surface area contributed by atoms with Crippen molar-refractivity contribution in [3.05, 3.63) is 35.9 Å². The molecule has 17 heavy (non-hydrogen) atoms. The fourth-order valence-electron chi connectivity index (χ4n) is 1.95. The Morgan fingerprint density at radius 2 is 1.82 bits per heavy atom. The molecule has 0 bridgehead atoms. The van der Waals surface area contributed by atoms with Crippen LogP contribution < -0.4 is 5.73 Å². The monoisotopic (exact) mass is 251 g/mol. The normalized spacial score (nSPS) is 18.1. The number of amides is 1. The molecule has 92 valence electrons. The van der Waals surface area contributed by atoms with Crippen LogP contribution >= 0.6 is 11.9 Å². The maximum absolute atomic E-state index is 10.8. The molecule has 1 aliphatic heterocycles. The minimum Gasteiger partial charge on any atom is -0.359 e. The number of rotatable bonds is 3. The van der Waals surface area contributed by atoms with Crippen LogP contribution in [-0.4, -0.2) is 40.6 Å². The van der Waals surface area contributed by atoms with E-state index in [4.69, 9.17) is 5.73 Å². The first kappa shape index (κ1) is 12.4. The molecule has 1 fully saturated rings. The lowest BCUT2D eigenvalue weighted by Gasteiger charge is -2.33. The molecule has 1 heterocycles. The summed E-state index contributed by atoms with van der Waals surface area (Å²) in [5, 5.41) is -0.318. The number of hydrogen-bond acceptors (Lipinski definition) is 4. The third kappa shape index (κ3) is 4.03. The predicted molar refractivity (Wildman–Crippen MR) is 70.5 cm³/mol. The van der Waals surface area contributed by atoms with Crippen LogP contribution in [0.25, 0.3) is 0 Å². The van der Waals surface area contributed by atoms with Gasteiger partial charge in [-0.15, -0.1) is 0 Å². The van der Waals surface area contributed by atoms with Crippen molar-refractivity contribution < 1.29 is 4.79 Å². The van der Waals surface area contributed by atoms with E-state index in [-0.39, 0.29) is 5.24 Å². The Bertz CT molecular complexity index is 363. The maximum atomic E-state index is 10.8. The standard InChI is InChI=1S/C12H17N3OS/c13-12(16)17-15-8-6-14(7-9-15)10-11-4-2-1-3-5-11/h1-5H,6-10H2,(H2,13,16). The first-order chi connectivity index (χ1) is 8.24. The van der Waals surface area contributed by atoms with E-state index in [1.165, 1.54) is 5.56 Å². The first-order valence-corrected chi connectivity index (χ1v) is 6.50. The molecule has 1 amide bonds. The molecule has 0 saturated carbocycles. The highest BCUT2D eigenvalue weighted by atomic mass is 32.2. The van der Waals surface area contributed by atoms with Gasteiger partial charge in [-0.05, 0) is 5.56 Å². The second-order valence-electron chi connectivity index (χ2n) is 4.10. The molecule has 0 unspecified atom stereocenters. The Morgan fingerprint density at radius 3 is 2.41 bits per heavy atom. The van der Waals surface area contributed by atoms with E-state index in [0.29, 0.717) is 0 Å². The van der Waals surface area contributed by atoms with Crippen molar-refractivity contribution in [2.24, 2.45) is 5.73 Å². The van der Waals surface area contributed by atoms with Crippen molar-refractivity contribution in [2.75, 3.05) is 26.2 Å². The van der Waals surface area contributed by atoms with Gasteiger partial charge in [0, 0.05) is 44.7 Å². The zero-order chi connectivity index (χ0) is 12.1. The lowest BCUT2D eigenvalue weighted by Crippen LogP contribution is -2.43. The van der Waals surface area contributed by atoms with Gasteiger partial charge in [0.05, 0.1) is 0 Å². The molecule has 0 spiro atoms. The number of piperazine rings is 1. The van der Waals surface area contributed by atoms with E-state index in [1.807, 2.05) is 10.4 Å². The number of carbonyl (C=O) groups excluding carboxylic acids is 1. The van der Waals surface area contributed by atoms with Crippen LogP contribution in [0.3, 0.4) is 0 Å². The SMILES string of the molecule is NC(=O)SN1CCN(Cc2ccccc2)CC1. The molecule has 1 aliphatic rings. The third-order valence-electron chi connectivity index (χ3n) is 2.80. The summed E-state index contributed by atoms with van der Waals surface area (Å²) in [4.78, 5) is 13.2. The van der Waals surface area contributed by atoms with Crippen molar-refractivity contribution in [3.8, 4) is 0 Å². The average Bonchev–Trinajstić information content (AvgIpc) is 2.32. The highest BCUT2D eigenvalue weighted by Gasteiger charge is 2.18. The summed E-state index contributed by atoms with van der Waals surface area (Å²) in [6.45, 7) is 4.72. The molecule has 4 nitrogen and oxygen atoms in total. The van der Waals surface area contributed by atoms with E-state index in [0.717, 1.165) is 44.7 Å². The molecule has 1 saturated heterocycles. The topological polar surface area (TPSA) is 49.6 Å². The van der Waals surface area contributed by atoms with Gasteiger partial charge in [-0.25, -0.2) is 4.31 Å². The van der Waals surface area contributed by atoms with Crippen LogP contribution in [0.5, 0.6) is 0 Å². The number of primary amides is 1. The number of benzene rings is 1. The van der Waals surface area contributed by atoms with Crippen molar-refractivity contribution >= 4 is 17.2 Å². The van der Waals surface area contributed by atoms with Crippen LogP contribution in [0.15, 0.2) is 30.3 Å². The second kappa shape index (κ2) is 6.05. The van der Waals surface area contributed by atoms with Crippen LogP contribution in [0.1, 0.15) is 5.56 Å². The molecular weight excluding hydrogens is 234 g/mol. The summed E-state index contributed by atoms with van der Waals surface area (Å²) < 4.78 is 2.03. The molecule has 1 aromatic carbocycles. The van der Waals surface area contributed by atoms with E-state index in [2.05, 4.69) is 29.2 Å². The largest absolute Gasteiger partial charge is 0.359 e. The van der Waals surface area contributed by atoms with Crippen molar-refractivity contribution in [3.63, 3.8) is 0 Å². The third-order valence-corrected chi connectivity index (χ3v) is 3.60. The van der Waals surface area contributed by atoms with Gasteiger partial charge >= 0.3 is 0 Å². The summed E-state index contributed by atoms with van der Waals surface area (Å²) in [7, 11) is 0. The van der Waals surface area contributed by atoms with E-state index < -0.39 is 0 Å². The number of nitrogens with zero attached hydrogens (tertiary/aromatic N) is 2. The summed E-state index contributed by atoms with van der Waals surface area (Å²) in [6, 6.07) is 10.4. The highest BCUT2D eigenvalue weighted by molar-refractivity contribution is 8.11. The van der Waals surface area contributed by atoms with E-state index in [9.17, 15) is 4.79 Å². The van der Waals surface area contributed by atoms with Crippen molar-refractivity contribution in [1.82, 2.24) is 9.21 Å². The lowest BCUT2D eigenvalue weighted by molar-refractivity contribution is 0.189. The molecule has 0 atom stereocenters. The minimum atomic E-state index is -0.318. The summed E-state index contributed by atoms with van der Waals surface area (Å²) in [6.07, 6.45) is 0. The Labute approximate surface area is 106 Å². The zero-order valence-corrected chi connectivity index (χ0v) is 10.5. The molecule has 2 N–H and O–H groups in total. The molecule has 0 aromatic heterocycles. The quantitative estimate of drug-likeness (QED) is 0.828. The van der Waals surface area contributed by atoms with Crippen LogP contribution in [-0.2, 0) is 6.54 Å². The van der Waals surface area contributed by atoms with Crippen molar-refractivity contribution in [1.29, 1.82) is 0 Å². The maximum Gasteiger partial charge on any atom is 0.291 e. The predicted octanol–water partition coefficient (Wildman–Crippen LogP) is 1.53. The second-order valence-corrected chi connectivity index (χ2v) is 5.20.